The van der Waals surface area contributed by atoms with Gasteiger partial charge in [-0.2, -0.15) is 0 Å². The lowest BCUT2D eigenvalue weighted by Gasteiger charge is -2.27. The van der Waals surface area contributed by atoms with Crippen LogP contribution >= 0.6 is 0 Å². The van der Waals surface area contributed by atoms with Crippen LogP contribution in [0.2, 0.25) is 0 Å². The second-order valence-electron chi connectivity index (χ2n) is 5.19. The fraction of sp³-hybridized carbons (Fsp3) is 0.600. The fourth-order valence-electron chi connectivity index (χ4n) is 2.76. The Kier molecular flexibility index (Phi) is 5.66. The van der Waals surface area contributed by atoms with E-state index in [0.29, 0.717) is 0 Å². The second-order valence-corrected chi connectivity index (χ2v) is 5.19. The fourth-order valence-corrected chi connectivity index (χ4v) is 2.76. The molecule has 0 aliphatic heterocycles. The topological polar surface area (TPSA) is 81.2 Å². The van der Waals surface area contributed by atoms with E-state index in [9.17, 15) is 9.59 Å². The Labute approximate surface area is 124 Å². The highest BCUT2D eigenvalue weighted by Crippen LogP contribution is 2.31. The first-order valence-corrected chi connectivity index (χ1v) is 7.47. The van der Waals surface area contributed by atoms with Gasteiger partial charge in [0.1, 0.15) is 5.92 Å². The molecule has 1 heterocycles. The summed E-state index contributed by atoms with van der Waals surface area (Å²) >= 11 is 0. The maximum Gasteiger partial charge on any atom is 0.318 e. The van der Waals surface area contributed by atoms with Crippen molar-refractivity contribution in [3.8, 4) is 0 Å². The van der Waals surface area contributed by atoms with Gasteiger partial charge < -0.3 is 4.74 Å². The lowest BCUT2D eigenvalue weighted by molar-refractivity contribution is -0.153. The summed E-state index contributed by atoms with van der Waals surface area (Å²) in [7, 11) is 0. The van der Waals surface area contributed by atoms with Crippen molar-refractivity contribution in [3.63, 3.8) is 0 Å². The summed E-state index contributed by atoms with van der Waals surface area (Å²) in [5.41, 5.74) is 0. The minimum atomic E-state index is -0.769. The van der Waals surface area contributed by atoms with Crippen LogP contribution in [-0.4, -0.2) is 28.5 Å². The number of rotatable bonds is 5. The molecule has 1 atom stereocenters. The molecule has 1 aromatic heterocycles. The van der Waals surface area contributed by atoms with Crippen LogP contribution in [0, 0.1) is 11.8 Å². The van der Waals surface area contributed by atoms with Crippen LogP contribution in [0.25, 0.3) is 0 Å². The third-order valence-corrected chi connectivity index (χ3v) is 3.75. The predicted molar refractivity (Wildman–Crippen MR) is 77.4 cm³/mol. The Hall–Kier alpha value is -1.98. The van der Waals surface area contributed by atoms with E-state index in [1.807, 2.05) is 0 Å². The molecule has 1 unspecified atom stereocenters. The minimum absolute atomic E-state index is 0.0431. The van der Waals surface area contributed by atoms with E-state index in [4.69, 9.17) is 4.74 Å². The largest absolute Gasteiger partial charge is 0.465 e. The van der Waals surface area contributed by atoms with E-state index in [1.165, 1.54) is 0 Å². The van der Waals surface area contributed by atoms with Gasteiger partial charge in [-0.05, 0) is 31.7 Å². The SMILES string of the molecule is CCOC(=O)C(C(=O)Nc1ncccn1)C1CCCCC1. The van der Waals surface area contributed by atoms with Gasteiger partial charge in [-0.15, -0.1) is 0 Å². The number of nitrogens with zero attached hydrogens (tertiary/aromatic N) is 2. The molecule has 21 heavy (non-hydrogen) atoms. The number of aromatic nitrogens is 2. The van der Waals surface area contributed by atoms with Crippen LogP contribution in [0.4, 0.5) is 5.95 Å². The summed E-state index contributed by atoms with van der Waals surface area (Å²) in [6.45, 7) is 2.02. The van der Waals surface area contributed by atoms with E-state index in [2.05, 4.69) is 15.3 Å². The Morgan fingerprint density at radius 1 is 1.29 bits per heavy atom. The molecule has 1 aliphatic carbocycles. The monoisotopic (exact) mass is 291 g/mol. The van der Waals surface area contributed by atoms with Crippen molar-refractivity contribution >= 4 is 17.8 Å². The van der Waals surface area contributed by atoms with Crippen LogP contribution in [0.1, 0.15) is 39.0 Å². The maximum atomic E-state index is 12.4. The highest BCUT2D eigenvalue weighted by molar-refractivity contribution is 6.04. The molecular weight excluding hydrogens is 270 g/mol. The van der Waals surface area contributed by atoms with Crippen molar-refractivity contribution in [2.24, 2.45) is 11.8 Å². The Morgan fingerprint density at radius 3 is 2.57 bits per heavy atom. The van der Waals surface area contributed by atoms with E-state index in [1.54, 1.807) is 25.4 Å². The van der Waals surface area contributed by atoms with Gasteiger partial charge in [0.05, 0.1) is 6.61 Å². The van der Waals surface area contributed by atoms with E-state index >= 15 is 0 Å². The summed E-state index contributed by atoms with van der Waals surface area (Å²) in [4.78, 5) is 32.5. The van der Waals surface area contributed by atoms with Crippen LogP contribution in [0.3, 0.4) is 0 Å². The van der Waals surface area contributed by atoms with Gasteiger partial charge in [0.15, 0.2) is 0 Å². The maximum absolute atomic E-state index is 12.4. The summed E-state index contributed by atoms with van der Waals surface area (Å²) in [5.74, 6) is -1.33. The van der Waals surface area contributed by atoms with Gasteiger partial charge in [-0.3, -0.25) is 14.9 Å². The van der Waals surface area contributed by atoms with E-state index in [0.717, 1.165) is 32.1 Å². The third-order valence-electron chi connectivity index (χ3n) is 3.75. The smallest absolute Gasteiger partial charge is 0.318 e. The summed E-state index contributed by atoms with van der Waals surface area (Å²) in [5, 5.41) is 2.62. The molecule has 1 saturated carbocycles. The first-order chi connectivity index (χ1) is 10.2. The number of nitrogens with one attached hydrogen (secondary N) is 1. The quantitative estimate of drug-likeness (QED) is 0.664. The average Bonchev–Trinajstić information content (AvgIpc) is 2.50. The van der Waals surface area contributed by atoms with Crippen molar-refractivity contribution in [2.75, 3.05) is 11.9 Å². The minimum Gasteiger partial charge on any atom is -0.465 e. The molecule has 0 aromatic carbocycles. The third kappa shape index (κ3) is 4.24. The molecule has 114 valence electrons. The van der Waals surface area contributed by atoms with Crippen LogP contribution < -0.4 is 5.32 Å². The van der Waals surface area contributed by atoms with E-state index in [-0.39, 0.29) is 24.4 Å². The van der Waals surface area contributed by atoms with Crippen LogP contribution in [0.15, 0.2) is 18.5 Å². The lowest BCUT2D eigenvalue weighted by Crippen LogP contribution is -2.38. The Morgan fingerprint density at radius 2 is 1.95 bits per heavy atom. The highest BCUT2D eigenvalue weighted by atomic mass is 16.5. The normalized spacial score (nSPS) is 17.0. The average molecular weight is 291 g/mol. The Bertz CT molecular complexity index is 472. The van der Waals surface area contributed by atoms with Gasteiger partial charge in [0.25, 0.3) is 0 Å². The zero-order valence-electron chi connectivity index (χ0n) is 12.2. The number of carbonyl (C=O) groups is 2. The van der Waals surface area contributed by atoms with Crippen molar-refractivity contribution in [3.05, 3.63) is 18.5 Å². The first kappa shape index (κ1) is 15.4. The molecule has 1 N–H and O–H groups in total. The zero-order valence-corrected chi connectivity index (χ0v) is 12.2. The zero-order chi connectivity index (χ0) is 15.1. The van der Waals surface area contributed by atoms with Gasteiger partial charge in [-0.25, -0.2) is 9.97 Å². The molecule has 1 aromatic rings. The number of anilines is 1. The summed E-state index contributed by atoms with van der Waals surface area (Å²) in [6, 6.07) is 1.67. The standard InChI is InChI=1S/C15H21N3O3/c1-2-21-14(20)12(11-7-4-3-5-8-11)13(19)18-15-16-9-6-10-17-15/h6,9-12H,2-5,7-8H2,1H3,(H,16,17,18,19). The highest BCUT2D eigenvalue weighted by Gasteiger charge is 2.36. The molecule has 2 rings (SSSR count). The molecule has 0 spiro atoms. The molecule has 6 nitrogen and oxygen atoms in total. The van der Waals surface area contributed by atoms with Crippen molar-refractivity contribution in [2.45, 2.75) is 39.0 Å². The molecule has 1 aliphatic rings. The lowest BCUT2D eigenvalue weighted by atomic mass is 9.79. The van der Waals surface area contributed by atoms with Crippen molar-refractivity contribution in [1.29, 1.82) is 0 Å². The number of hydrogen-bond donors (Lipinski definition) is 1. The summed E-state index contributed by atoms with van der Waals surface area (Å²) in [6.07, 6.45) is 8.12. The number of esters is 1. The molecule has 1 fully saturated rings. The summed E-state index contributed by atoms with van der Waals surface area (Å²) < 4.78 is 5.08. The first-order valence-electron chi connectivity index (χ1n) is 7.47. The van der Waals surface area contributed by atoms with Gasteiger partial charge in [0.2, 0.25) is 11.9 Å². The van der Waals surface area contributed by atoms with E-state index < -0.39 is 11.9 Å². The molecule has 0 saturated heterocycles. The van der Waals surface area contributed by atoms with Gasteiger partial charge in [-0.1, -0.05) is 19.3 Å². The van der Waals surface area contributed by atoms with Crippen molar-refractivity contribution < 1.29 is 14.3 Å². The van der Waals surface area contributed by atoms with Gasteiger partial charge in [0, 0.05) is 12.4 Å². The van der Waals surface area contributed by atoms with Gasteiger partial charge >= 0.3 is 5.97 Å². The van der Waals surface area contributed by atoms with Crippen LogP contribution in [-0.2, 0) is 14.3 Å². The number of hydrogen-bond acceptors (Lipinski definition) is 5. The van der Waals surface area contributed by atoms with Crippen LogP contribution in [0.5, 0.6) is 0 Å². The molecular formula is C15H21N3O3. The molecule has 0 bridgehead atoms. The van der Waals surface area contributed by atoms with Crippen molar-refractivity contribution in [1.82, 2.24) is 9.97 Å². The number of ether oxygens (including phenoxy) is 1. The Balaban J connectivity index is 2.09. The molecule has 1 amide bonds. The molecule has 6 heteroatoms. The number of amides is 1. The second kappa shape index (κ2) is 7.71. The number of carbonyl (C=O) groups excluding carboxylic acids is 2. The predicted octanol–water partition coefficient (Wildman–Crippen LogP) is 2.17. The molecule has 0 radical (unpaired) electrons.